The van der Waals surface area contributed by atoms with Gasteiger partial charge in [0.25, 0.3) is 5.91 Å². The predicted octanol–water partition coefficient (Wildman–Crippen LogP) is 2.02. The molecule has 0 saturated heterocycles. The fourth-order valence-electron chi connectivity index (χ4n) is 2.24. The molecule has 28 heavy (non-hydrogen) atoms. The van der Waals surface area contributed by atoms with E-state index in [1.54, 1.807) is 45.0 Å². The lowest BCUT2D eigenvalue weighted by Crippen LogP contribution is -2.33. The van der Waals surface area contributed by atoms with Crippen LogP contribution in [0.25, 0.3) is 11.1 Å². The first-order valence-corrected chi connectivity index (χ1v) is 8.41. The van der Waals surface area contributed by atoms with Crippen LogP contribution < -0.4 is 16.4 Å². The van der Waals surface area contributed by atoms with Gasteiger partial charge >= 0.3 is 6.09 Å². The summed E-state index contributed by atoms with van der Waals surface area (Å²) in [4.78, 5) is 38.5. The lowest BCUT2D eigenvalue weighted by Gasteiger charge is -2.19. The first-order valence-electron chi connectivity index (χ1n) is 8.41. The Morgan fingerprint density at radius 2 is 1.89 bits per heavy atom. The van der Waals surface area contributed by atoms with Crippen molar-refractivity contribution in [1.29, 1.82) is 0 Å². The molecule has 9 heteroatoms. The summed E-state index contributed by atoms with van der Waals surface area (Å²) in [5.74, 6) is -1.79. The highest BCUT2D eigenvalue weighted by Gasteiger charge is 2.17. The molecule has 0 saturated carbocycles. The van der Waals surface area contributed by atoms with Gasteiger partial charge in [0.05, 0.1) is 6.54 Å². The molecule has 2 aromatic rings. The summed E-state index contributed by atoms with van der Waals surface area (Å²) in [7, 11) is 0. The molecule has 2 rings (SSSR count). The molecule has 0 spiro atoms. The standard InChI is InChI=1S/C19H22N4O5/c1-19(2,3)28-18(27)23-13-6-4-5-11(7-13)12-8-14(24)16(21-9-12)17(26)22-10-15(20)25/h4-9,24H,10H2,1-3H3,(H2,20,25)(H,22,26)(H,23,27). The van der Waals surface area contributed by atoms with E-state index in [2.05, 4.69) is 15.6 Å². The quantitative estimate of drug-likeness (QED) is 0.619. The summed E-state index contributed by atoms with van der Waals surface area (Å²) in [6.45, 7) is 4.93. The largest absolute Gasteiger partial charge is 0.505 e. The lowest BCUT2D eigenvalue weighted by molar-refractivity contribution is -0.117. The molecule has 148 valence electrons. The molecule has 0 aliphatic heterocycles. The Labute approximate surface area is 161 Å². The number of carbonyl (C=O) groups excluding carboxylic acids is 3. The normalized spacial score (nSPS) is 10.8. The van der Waals surface area contributed by atoms with Gasteiger partial charge in [0.1, 0.15) is 11.4 Å². The summed E-state index contributed by atoms with van der Waals surface area (Å²) in [6, 6.07) is 8.19. The number of nitrogens with one attached hydrogen (secondary N) is 2. The highest BCUT2D eigenvalue weighted by Crippen LogP contribution is 2.27. The number of anilines is 1. The van der Waals surface area contributed by atoms with E-state index < -0.39 is 23.5 Å². The van der Waals surface area contributed by atoms with Crippen LogP contribution in [0.3, 0.4) is 0 Å². The molecule has 0 bridgehead atoms. The number of ether oxygens (including phenoxy) is 1. The second-order valence-corrected chi connectivity index (χ2v) is 6.95. The third kappa shape index (κ3) is 5.97. The monoisotopic (exact) mass is 386 g/mol. The van der Waals surface area contributed by atoms with Gasteiger partial charge in [-0.1, -0.05) is 12.1 Å². The number of nitrogens with two attached hydrogens (primary N) is 1. The Morgan fingerprint density at radius 3 is 2.50 bits per heavy atom. The topological polar surface area (TPSA) is 144 Å². The zero-order chi connectivity index (χ0) is 20.9. The minimum absolute atomic E-state index is 0.229. The fourth-order valence-corrected chi connectivity index (χ4v) is 2.24. The molecule has 0 fully saturated rings. The van der Waals surface area contributed by atoms with E-state index in [1.807, 2.05) is 0 Å². The van der Waals surface area contributed by atoms with Crippen molar-refractivity contribution >= 4 is 23.6 Å². The molecular weight excluding hydrogens is 364 g/mol. The van der Waals surface area contributed by atoms with E-state index in [-0.39, 0.29) is 18.0 Å². The summed E-state index contributed by atoms with van der Waals surface area (Å²) < 4.78 is 5.21. The van der Waals surface area contributed by atoms with Crippen molar-refractivity contribution in [3.05, 3.63) is 42.2 Å². The molecule has 1 aromatic carbocycles. The van der Waals surface area contributed by atoms with Crippen molar-refractivity contribution in [3.8, 4) is 16.9 Å². The fraction of sp³-hybridized carbons (Fsp3) is 0.263. The minimum atomic E-state index is -0.719. The highest BCUT2D eigenvalue weighted by molar-refractivity contribution is 5.97. The first-order chi connectivity index (χ1) is 13.0. The smallest absolute Gasteiger partial charge is 0.412 e. The van der Waals surface area contributed by atoms with Crippen molar-refractivity contribution in [2.75, 3.05) is 11.9 Å². The SMILES string of the molecule is CC(C)(C)OC(=O)Nc1cccc(-c2cnc(C(=O)NCC(N)=O)c(O)c2)c1. The van der Waals surface area contributed by atoms with Gasteiger partial charge in [0, 0.05) is 17.4 Å². The van der Waals surface area contributed by atoms with Gasteiger partial charge in [0.15, 0.2) is 5.69 Å². The van der Waals surface area contributed by atoms with E-state index >= 15 is 0 Å². The number of rotatable bonds is 5. The summed E-state index contributed by atoms with van der Waals surface area (Å²) in [6.07, 6.45) is 0.804. The molecule has 0 unspecified atom stereocenters. The number of benzene rings is 1. The number of hydrogen-bond donors (Lipinski definition) is 4. The molecule has 0 atom stereocenters. The van der Waals surface area contributed by atoms with Gasteiger partial charge in [-0.05, 0) is 44.5 Å². The van der Waals surface area contributed by atoms with Gasteiger partial charge < -0.3 is 20.9 Å². The van der Waals surface area contributed by atoms with Gasteiger partial charge in [-0.15, -0.1) is 0 Å². The van der Waals surface area contributed by atoms with Gasteiger partial charge in [-0.3, -0.25) is 14.9 Å². The van der Waals surface area contributed by atoms with Crippen LogP contribution in [0.2, 0.25) is 0 Å². The van der Waals surface area contributed by atoms with Crippen LogP contribution in [0.4, 0.5) is 10.5 Å². The van der Waals surface area contributed by atoms with E-state index in [0.29, 0.717) is 16.8 Å². The molecule has 3 amide bonds. The molecule has 9 nitrogen and oxygen atoms in total. The number of primary amides is 1. The number of aromatic hydroxyl groups is 1. The third-order valence-corrected chi connectivity index (χ3v) is 3.35. The second-order valence-electron chi connectivity index (χ2n) is 6.95. The summed E-state index contributed by atoms with van der Waals surface area (Å²) >= 11 is 0. The van der Waals surface area contributed by atoms with Crippen LogP contribution in [-0.4, -0.2) is 40.1 Å². The third-order valence-electron chi connectivity index (χ3n) is 3.35. The van der Waals surface area contributed by atoms with Crippen molar-refractivity contribution in [3.63, 3.8) is 0 Å². The molecular formula is C19H22N4O5. The van der Waals surface area contributed by atoms with Gasteiger partial charge in [-0.25, -0.2) is 9.78 Å². The lowest BCUT2D eigenvalue weighted by atomic mass is 10.1. The van der Waals surface area contributed by atoms with Crippen molar-refractivity contribution < 1.29 is 24.2 Å². The average molecular weight is 386 g/mol. The summed E-state index contributed by atoms with van der Waals surface area (Å²) in [5, 5.41) is 15.0. The molecule has 0 aliphatic carbocycles. The van der Waals surface area contributed by atoms with E-state index in [9.17, 15) is 19.5 Å². The Hall–Kier alpha value is -3.62. The van der Waals surface area contributed by atoms with Crippen LogP contribution in [-0.2, 0) is 9.53 Å². The molecule has 0 aliphatic rings. The number of amides is 3. The van der Waals surface area contributed by atoms with Gasteiger partial charge in [0.2, 0.25) is 5.91 Å². The van der Waals surface area contributed by atoms with Crippen LogP contribution >= 0.6 is 0 Å². The molecule has 0 radical (unpaired) electrons. The Balaban J connectivity index is 2.17. The number of carbonyl (C=O) groups is 3. The van der Waals surface area contributed by atoms with E-state index in [1.165, 1.54) is 12.3 Å². The van der Waals surface area contributed by atoms with Crippen LogP contribution in [0.15, 0.2) is 36.5 Å². The first kappa shape index (κ1) is 20.7. The van der Waals surface area contributed by atoms with Gasteiger partial charge in [-0.2, -0.15) is 0 Å². The molecule has 1 aromatic heterocycles. The molecule has 5 N–H and O–H groups in total. The number of nitrogens with zero attached hydrogens (tertiary/aromatic N) is 1. The van der Waals surface area contributed by atoms with Crippen LogP contribution in [0, 0.1) is 0 Å². The van der Waals surface area contributed by atoms with Crippen molar-refractivity contribution in [2.24, 2.45) is 5.73 Å². The van der Waals surface area contributed by atoms with Crippen LogP contribution in [0.5, 0.6) is 5.75 Å². The Bertz CT molecular complexity index is 905. The van der Waals surface area contributed by atoms with E-state index in [4.69, 9.17) is 10.5 Å². The summed E-state index contributed by atoms with van der Waals surface area (Å²) in [5.41, 5.74) is 5.79. The zero-order valence-electron chi connectivity index (χ0n) is 15.8. The maximum Gasteiger partial charge on any atom is 0.412 e. The average Bonchev–Trinajstić information content (AvgIpc) is 2.58. The zero-order valence-corrected chi connectivity index (χ0v) is 15.8. The Morgan fingerprint density at radius 1 is 1.18 bits per heavy atom. The van der Waals surface area contributed by atoms with E-state index in [0.717, 1.165) is 0 Å². The number of pyridine rings is 1. The number of aromatic nitrogens is 1. The highest BCUT2D eigenvalue weighted by atomic mass is 16.6. The van der Waals surface area contributed by atoms with Crippen molar-refractivity contribution in [2.45, 2.75) is 26.4 Å². The maximum absolute atomic E-state index is 11.9. The second kappa shape index (κ2) is 8.38. The van der Waals surface area contributed by atoms with Crippen LogP contribution in [0.1, 0.15) is 31.3 Å². The van der Waals surface area contributed by atoms with Crippen molar-refractivity contribution in [1.82, 2.24) is 10.3 Å². The Kier molecular flexibility index (Phi) is 6.19. The molecule has 1 heterocycles. The number of hydrogen-bond acceptors (Lipinski definition) is 6. The maximum atomic E-state index is 11.9. The minimum Gasteiger partial charge on any atom is -0.505 e. The predicted molar refractivity (Wildman–Crippen MR) is 103 cm³/mol.